The molecule has 1 saturated heterocycles. The lowest BCUT2D eigenvalue weighted by Crippen LogP contribution is -2.37. The number of piperidine rings is 1. The first-order valence-corrected chi connectivity index (χ1v) is 9.03. The Labute approximate surface area is 157 Å². The van der Waals surface area contributed by atoms with E-state index in [9.17, 15) is 9.59 Å². The predicted molar refractivity (Wildman–Crippen MR) is 103 cm³/mol. The number of aryl methyl sites for hydroxylation is 1. The molecule has 3 N–H and O–H groups in total. The second-order valence-electron chi connectivity index (χ2n) is 6.69. The van der Waals surface area contributed by atoms with Gasteiger partial charge in [-0.2, -0.15) is 0 Å². The smallest absolute Gasteiger partial charge is 0.328 e. The van der Waals surface area contributed by atoms with E-state index in [1.807, 2.05) is 30.5 Å². The van der Waals surface area contributed by atoms with Gasteiger partial charge in [0.2, 0.25) is 0 Å². The minimum atomic E-state index is -0.321. The molecule has 0 radical (unpaired) electrons. The molecule has 144 valence electrons. The fraction of sp³-hybridized carbons (Fsp3) is 0.421. The van der Waals surface area contributed by atoms with Crippen molar-refractivity contribution < 1.29 is 9.53 Å². The molecule has 1 fully saturated rings. The number of hydrogen-bond acceptors (Lipinski definition) is 5. The van der Waals surface area contributed by atoms with Crippen molar-refractivity contribution >= 4 is 17.5 Å². The van der Waals surface area contributed by atoms with E-state index in [0.717, 1.165) is 31.6 Å². The third-order valence-electron chi connectivity index (χ3n) is 5.06. The van der Waals surface area contributed by atoms with Crippen LogP contribution in [0.15, 0.2) is 41.5 Å². The number of nitrogens with zero attached hydrogens (tertiary/aromatic N) is 3. The second kappa shape index (κ2) is 8.11. The number of amidine groups is 1. The number of carbonyl (C=O) groups excluding carboxylic acids is 1. The van der Waals surface area contributed by atoms with Gasteiger partial charge in [0, 0.05) is 49.3 Å². The van der Waals surface area contributed by atoms with Crippen LogP contribution in [0.4, 0.5) is 5.69 Å². The van der Waals surface area contributed by atoms with E-state index in [4.69, 9.17) is 11.1 Å². The van der Waals surface area contributed by atoms with Crippen LogP contribution >= 0.6 is 0 Å². The van der Waals surface area contributed by atoms with Crippen LogP contribution in [0.2, 0.25) is 0 Å². The molecule has 2 aromatic rings. The van der Waals surface area contributed by atoms with Crippen molar-refractivity contribution in [1.29, 1.82) is 5.41 Å². The summed E-state index contributed by atoms with van der Waals surface area (Å²) in [5.74, 6) is -0.255. The van der Waals surface area contributed by atoms with Gasteiger partial charge in [-0.1, -0.05) is 0 Å². The Hall–Kier alpha value is -3.03. The zero-order valence-electron chi connectivity index (χ0n) is 15.4. The highest BCUT2D eigenvalue weighted by molar-refractivity contribution is 5.95. The largest absolute Gasteiger partial charge is 0.469 e. The third-order valence-corrected chi connectivity index (χ3v) is 5.06. The number of methoxy groups -OCH3 is 1. The highest BCUT2D eigenvalue weighted by atomic mass is 16.5. The number of esters is 1. The summed E-state index contributed by atoms with van der Waals surface area (Å²) < 4.78 is 7.95. The lowest BCUT2D eigenvalue weighted by Gasteiger charge is -2.34. The molecular weight excluding hydrogens is 346 g/mol. The number of benzene rings is 1. The predicted octanol–water partition coefficient (Wildman–Crippen LogP) is 1.34. The zero-order valence-corrected chi connectivity index (χ0v) is 15.4. The normalized spacial score (nSPS) is 14.9. The number of anilines is 1. The molecule has 27 heavy (non-hydrogen) atoms. The Morgan fingerprint density at radius 3 is 2.48 bits per heavy atom. The minimum Gasteiger partial charge on any atom is -0.469 e. The zero-order chi connectivity index (χ0) is 19.4. The van der Waals surface area contributed by atoms with Crippen LogP contribution in [-0.2, 0) is 16.1 Å². The van der Waals surface area contributed by atoms with Crippen molar-refractivity contribution in [2.24, 2.45) is 5.73 Å². The van der Waals surface area contributed by atoms with Gasteiger partial charge >= 0.3 is 11.7 Å². The molecule has 3 rings (SSSR count). The molecule has 0 saturated carbocycles. The number of aromatic nitrogens is 2. The number of nitrogens with one attached hydrogen (secondary N) is 1. The first-order chi connectivity index (χ1) is 13.0. The summed E-state index contributed by atoms with van der Waals surface area (Å²) in [6, 6.07) is 7.83. The minimum absolute atomic E-state index is 0.0661. The Bertz CT molecular complexity index is 860. The molecule has 2 heterocycles. The van der Waals surface area contributed by atoms with Crippen LogP contribution in [0.3, 0.4) is 0 Å². The fourth-order valence-electron chi connectivity index (χ4n) is 3.44. The Kier molecular flexibility index (Phi) is 5.63. The van der Waals surface area contributed by atoms with Crippen LogP contribution in [0.1, 0.15) is 30.9 Å². The van der Waals surface area contributed by atoms with Gasteiger partial charge in [-0.05, 0) is 37.1 Å². The van der Waals surface area contributed by atoms with Gasteiger partial charge in [0.05, 0.1) is 13.5 Å². The van der Waals surface area contributed by atoms with Gasteiger partial charge in [0.1, 0.15) is 5.84 Å². The molecule has 1 aromatic heterocycles. The number of hydrogen-bond donors (Lipinski definition) is 2. The standard InChI is InChI=1S/C19H25N5O3/c1-27-17(25)8-11-23-12-13-24(19(23)26)16-6-9-22(10-7-16)15-4-2-14(3-5-15)18(20)21/h2-5,12-13,16H,6-11H2,1H3,(H3,20,21). The maximum absolute atomic E-state index is 12.6. The van der Waals surface area contributed by atoms with Crippen molar-refractivity contribution in [1.82, 2.24) is 9.13 Å². The highest BCUT2D eigenvalue weighted by Gasteiger charge is 2.22. The Morgan fingerprint density at radius 2 is 1.89 bits per heavy atom. The van der Waals surface area contributed by atoms with Crippen molar-refractivity contribution in [3.05, 3.63) is 52.7 Å². The van der Waals surface area contributed by atoms with E-state index in [1.54, 1.807) is 15.3 Å². The number of ether oxygens (including phenoxy) is 1. The lowest BCUT2D eigenvalue weighted by atomic mass is 10.0. The van der Waals surface area contributed by atoms with Crippen molar-refractivity contribution in [2.75, 3.05) is 25.1 Å². The molecule has 0 atom stereocenters. The van der Waals surface area contributed by atoms with Gasteiger partial charge in [-0.15, -0.1) is 0 Å². The van der Waals surface area contributed by atoms with E-state index in [0.29, 0.717) is 12.1 Å². The van der Waals surface area contributed by atoms with E-state index < -0.39 is 0 Å². The number of carbonyl (C=O) groups is 1. The van der Waals surface area contributed by atoms with Gasteiger partial charge in [-0.3, -0.25) is 19.3 Å². The average molecular weight is 371 g/mol. The summed E-state index contributed by atoms with van der Waals surface area (Å²) in [7, 11) is 1.34. The maximum atomic E-state index is 12.6. The van der Waals surface area contributed by atoms with Gasteiger partial charge in [-0.25, -0.2) is 4.79 Å². The monoisotopic (exact) mass is 371 g/mol. The van der Waals surface area contributed by atoms with Gasteiger partial charge in [0.25, 0.3) is 0 Å². The van der Waals surface area contributed by atoms with Crippen molar-refractivity contribution in [3.8, 4) is 0 Å². The summed E-state index contributed by atoms with van der Waals surface area (Å²) in [5, 5.41) is 7.46. The van der Waals surface area contributed by atoms with Crippen molar-refractivity contribution in [2.45, 2.75) is 31.8 Å². The number of rotatable bonds is 6. The van der Waals surface area contributed by atoms with Crippen LogP contribution in [0.25, 0.3) is 0 Å². The summed E-state index contributed by atoms with van der Waals surface area (Å²) >= 11 is 0. The van der Waals surface area contributed by atoms with Crippen LogP contribution < -0.4 is 16.3 Å². The van der Waals surface area contributed by atoms with Crippen molar-refractivity contribution in [3.63, 3.8) is 0 Å². The van der Waals surface area contributed by atoms with Crippen LogP contribution in [0.5, 0.6) is 0 Å². The highest BCUT2D eigenvalue weighted by Crippen LogP contribution is 2.25. The van der Waals surface area contributed by atoms with E-state index >= 15 is 0 Å². The summed E-state index contributed by atoms with van der Waals surface area (Å²) in [5.41, 5.74) is 7.23. The molecule has 0 bridgehead atoms. The van der Waals surface area contributed by atoms with E-state index in [-0.39, 0.29) is 30.0 Å². The Balaban J connectivity index is 1.60. The molecule has 0 unspecified atom stereocenters. The van der Waals surface area contributed by atoms with E-state index in [2.05, 4.69) is 9.64 Å². The molecule has 1 aromatic carbocycles. The number of nitrogens with two attached hydrogens (primary N) is 1. The SMILES string of the molecule is COC(=O)CCn1ccn(C2CCN(c3ccc(C(=N)N)cc3)CC2)c1=O. The van der Waals surface area contributed by atoms with Gasteiger partial charge in [0.15, 0.2) is 0 Å². The van der Waals surface area contributed by atoms with Crippen LogP contribution in [0, 0.1) is 5.41 Å². The average Bonchev–Trinajstić information content (AvgIpc) is 3.06. The van der Waals surface area contributed by atoms with E-state index in [1.165, 1.54) is 7.11 Å². The molecule has 0 spiro atoms. The topological polar surface area (TPSA) is 106 Å². The number of nitrogen functional groups attached to an aromatic ring is 1. The molecule has 8 heteroatoms. The number of imidazole rings is 1. The summed E-state index contributed by atoms with van der Waals surface area (Å²) in [6.07, 6.45) is 5.47. The first kappa shape index (κ1) is 18.8. The molecule has 0 amide bonds. The summed E-state index contributed by atoms with van der Waals surface area (Å²) in [4.78, 5) is 26.1. The Morgan fingerprint density at radius 1 is 1.22 bits per heavy atom. The maximum Gasteiger partial charge on any atom is 0.328 e. The van der Waals surface area contributed by atoms with Gasteiger partial charge < -0.3 is 15.4 Å². The molecule has 0 aliphatic carbocycles. The van der Waals surface area contributed by atoms with Crippen LogP contribution in [-0.4, -0.2) is 41.1 Å². The first-order valence-electron chi connectivity index (χ1n) is 9.03. The lowest BCUT2D eigenvalue weighted by molar-refractivity contribution is -0.140. The fourth-order valence-corrected chi connectivity index (χ4v) is 3.44. The third kappa shape index (κ3) is 4.21. The summed E-state index contributed by atoms with van der Waals surface area (Å²) in [6.45, 7) is 2.04. The second-order valence-corrected chi connectivity index (χ2v) is 6.69. The molecule has 1 aliphatic heterocycles. The molecule has 1 aliphatic rings. The molecule has 8 nitrogen and oxygen atoms in total. The molecular formula is C19H25N5O3. The quantitative estimate of drug-likeness (QED) is 0.453.